The maximum atomic E-state index is 13.4. The zero-order valence-electron chi connectivity index (χ0n) is 18.0. The van der Waals surface area contributed by atoms with Crippen LogP contribution in [0.1, 0.15) is 41.2 Å². The average Bonchev–Trinajstić information content (AvgIpc) is 3.49. The first-order chi connectivity index (χ1) is 15.9. The second-order valence-electron chi connectivity index (χ2n) is 9.64. The molecule has 1 aromatic heterocycles. The summed E-state index contributed by atoms with van der Waals surface area (Å²) in [5, 5.41) is 10.0. The molecule has 4 aliphatic rings. The van der Waals surface area contributed by atoms with E-state index in [1.807, 2.05) is 12.1 Å². The third-order valence-corrected chi connectivity index (χ3v) is 10.7. The van der Waals surface area contributed by atoms with Crippen LogP contribution in [0.3, 0.4) is 0 Å². The molecule has 7 atom stereocenters. The molecule has 2 aliphatic carbocycles. The number of thioether (sulfide) groups is 1. The number of carboxylic acid groups (broad SMARTS) is 1. The Hall–Kier alpha value is -2.39. The van der Waals surface area contributed by atoms with Crippen LogP contribution in [0.5, 0.6) is 0 Å². The van der Waals surface area contributed by atoms with Crippen LogP contribution in [-0.2, 0) is 14.4 Å². The Morgan fingerprint density at radius 2 is 1.88 bits per heavy atom. The molecule has 7 nitrogen and oxygen atoms in total. The Kier molecular flexibility index (Phi) is 4.85. The van der Waals surface area contributed by atoms with Crippen LogP contribution in [0.4, 0.5) is 0 Å². The smallest absolute Gasteiger partial charge is 0.305 e. The fourth-order valence-corrected chi connectivity index (χ4v) is 9.85. The lowest BCUT2D eigenvalue weighted by atomic mass is 9.67. The molecular formula is C24H24N2O5S2. The van der Waals surface area contributed by atoms with E-state index >= 15 is 0 Å². The van der Waals surface area contributed by atoms with E-state index in [0.717, 1.165) is 16.3 Å². The van der Waals surface area contributed by atoms with Crippen molar-refractivity contribution < 1.29 is 19.5 Å². The summed E-state index contributed by atoms with van der Waals surface area (Å²) >= 11 is 2.96. The molecule has 9 heteroatoms. The van der Waals surface area contributed by atoms with E-state index in [9.17, 15) is 19.2 Å². The Bertz CT molecular complexity index is 1240. The van der Waals surface area contributed by atoms with Gasteiger partial charge in [0.2, 0.25) is 11.8 Å². The number of nitrogens with zero attached hydrogens (tertiary/aromatic N) is 1. The molecule has 2 bridgehead atoms. The van der Waals surface area contributed by atoms with Gasteiger partial charge < -0.3 is 10.1 Å². The number of benzene rings is 1. The molecule has 1 saturated heterocycles. The van der Waals surface area contributed by atoms with Gasteiger partial charge in [-0.2, -0.15) is 0 Å². The lowest BCUT2D eigenvalue weighted by molar-refractivity contribution is -0.142. The highest BCUT2D eigenvalue weighted by atomic mass is 32.2. The molecule has 2 aliphatic heterocycles. The van der Waals surface area contributed by atoms with Crippen LogP contribution in [0.25, 0.3) is 0 Å². The first kappa shape index (κ1) is 21.2. The van der Waals surface area contributed by atoms with Gasteiger partial charge in [0.05, 0.1) is 16.9 Å². The minimum atomic E-state index is -0.919. The van der Waals surface area contributed by atoms with E-state index in [1.54, 1.807) is 11.8 Å². The Balaban J connectivity index is 1.39. The van der Waals surface area contributed by atoms with E-state index in [0.29, 0.717) is 0 Å². The maximum absolute atomic E-state index is 13.4. The number of H-pyrrole nitrogens is 1. The molecule has 0 unspecified atom stereocenters. The van der Waals surface area contributed by atoms with Crippen molar-refractivity contribution in [2.45, 2.75) is 42.4 Å². The van der Waals surface area contributed by atoms with Crippen molar-refractivity contribution in [2.75, 3.05) is 6.54 Å². The lowest BCUT2D eigenvalue weighted by Gasteiger charge is -2.43. The number of carbonyl (C=O) groups excluding carboxylic acids is 2. The number of hydrogen-bond donors (Lipinski definition) is 2. The quantitative estimate of drug-likeness (QED) is 0.632. The monoisotopic (exact) mass is 484 g/mol. The van der Waals surface area contributed by atoms with E-state index in [4.69, 9.17) is 5.11 Å². The maximum Gasteiger partial charge on any atom is 0.305 e. The van der Waals surface area contributed by atoms with Crippen LogP contribution in [-0.4, -0.2) is 44.6 Å². The van der Waals surface area contributed by atoms with Crippen LogP contribution < -0.4 is 4.87 Å². The van der Waals surface area contributed by atoms with Crippen LogP contribution >= 0.6 is 23.1 Å². The molecule has 2 amide bonds. The molecule has 172 valence electrons. The predicted octanol–water partition coefficient (Wildman–Crippen LogP) is 3.08. The fourth-order valence-electron chi connectivity index (χ4n) is 6.97. The number of aliphatic carboxylic acids is 1. The third kappa shape index (κ3) is 3.01. The number of rotatable bonds is 5. The second kappa shape index (κ2) is 7.56. The number of thiazole rings is 1. The van der Waals surface area contributed by atoms with Gasteiger partial charge in [-0.05, 0) is 48.6 Å². The Morgan fingerprint density at radius 1 is 1.15 bits per heavy atom. The first-order valence-electron chi connectivity index (χ1n) is 11.4. The Morgan fingerprint density at radius 3 is 2.61 bits per heavy atom. The van der Waals surface area contributed by atoms with Crippen molar-refractivity contribution in [3.63, 3.8) is 0 Å². The summed E-state index contributed by atoms with van der Waals surface area (Å²) in [7, 11) is 0. The molecule has 3 heterocycles. The molecule has 1 aromatic carbocycles. The summed E-state index contributed by atoms with van der Waals surface area (Å²) in [6, 6.07) is 8.26. The molecular weight excluding hydrogens is 460 g/mol. The van der Waals surface area contributed by atoms with Gasteiger partial charge in [-0.25, -0.2) is 0 Å². The molecule has 2 N–H and O–H groups in total. The molecule has 2 saturated carbocycles. The fraction of sp³-hybridized carbons (Fsp3) is 0.500. The van der Waals surface area contributed by atoms with Crippen molar-refractivity contribution in [2.24, 2.45) is 29.6 Å². The highest BCUT2D eigenvalue weighted by Gasteiger charge is 2.69. The van der Waals surface area contributed by atoms with Gasteiger partial charge in [0.1, 0.15) is 0 Å². The van der Waals surface area contributed by atoms with E-state index < -0.39 is 5.97 Å². The van der Waals surface area contributed by atoms with Gasteiger partial charge in [-0.1, -0.05) is 35.6 Å². The van der Waals surface area contributed by atoms with E-state index in [2.05, 4.69) is 24.0 Å². The van der Waals surface area contributed by atoms with Gasteiger partial charge in [0.15, 0.2) is 0 Å². The molecule has 33 heavy (non-hydrogen) atoms. The average molecular weight is 485 g/mol. The molecule has 0 radical (unpaired) electrons. The number of carbonyl (C=O) groups is 3. The van der Waals surface area contributed by atoms with Crippen molar-refractivity contribution in [1.82, 2.24) is 9.88 Å². The van der Waals surface area contributed by atoms with Crippen LogP contribution in [0, 0.1) is 36.5 Å². The summed E-state index contributed by atoms with van der Waals surface area (Å²) in [4.78, 5) is 55.2. The predicted molar refractivity (Wildman–Crippen MR) is 123 cm³/mol. The summed E-state index contributed by atoms with van der Waals surface area (Å²) in [6.45, 7) is 2.27. The third-order valence-electron chi connectivity index (χ3n) is 8.11. The van der Waals surface area contributed by atoms with Gasteiger partial charge in [-0.3, -0.25) is 24.1 Å². The van der Waals surface area contributed by atoms with Crippen molar-refractivity contribution in [3.05, 3.63) is 49.9 Å². The largest absolute Gasteiger partial charge is 0.481 e. The number of likely N-dealkylation sites (tertiary alicyclic amines) is 1. The molecule has 0 spiro atoms. The minimum Gasteiger partial charge on any atom is -0.481 e. The zero-order chi connectivity index (χ0) is 23.0. The van der Waals surface area contributed by atoms with Crippen molar-refractivity contribution in [1.29, 1.82) is 0 Å². The number of carboxylic acids is 1. The summed E-state index contributed by atoms with van der Waals surface area (Å²) in [5.74, 6) is -1.39. The normalized spacial score (nSPS) is 33.8. The topological polar surface area (TPSA) is 108 Å². The molecule has 6 rings (SSSR count). The second-order valence-corrected chi connectivity index (χ2v) is 11.8. The molecule has 3 fully saturated rings. The van der Waals surface area contributed by atoms with Crippen molar-refractivity contribution in [3.8, 4) is 0 Å². The number of imide groups is 1. The Labute approximate surface area is 198 Å². The van der Waals surface area contributed by atoms with Crippen molar-refractivity contribution >= 4 is 40.9 Å². The number of nitrogens with one attached hydrogen (secondary N) is 1. The number of fused-ring (bicyclic) bond motifs is 9. The first-order valence-corrected chi connectivity index (χ1v) is 13.1. The van der Waals surface area contributed by atoms with Crippen LogP contribution in [0.15, 0.2) is 34.1 Å². The SMILES string of the molecule is Cc1ccccc1[C@H]1c2sc(=O)[nH]c2S[C@@H]2[C@H]3C[C@@H]([C@@H]4C(=O)N(CCCC(=O)O)C(=O)[C@@H]34)[C@H]12. The highest BCUT2D eigenvalue weighted by molar-refractivity contribution is 8.00. The highest BCUT2D eigenvalue weighted by Crippen LogP contribution is 2.68. The van der Waals surface area contributed by atoms with Gasteiger partial charge in [-0.15, -0.1) is 11.8 Å². The van der Waals surface area contributed by atoms with Gasteiger partial charge >= 0.3 is 10.8 Å². The van der Waals surface area contributed by atoms with Gasteiger partial charge in [0.25, 0.3) is 0 Å². The van der Waals surface area contributed by atoms with Gasteiger partial charge in [0, 0.05) is 29.0 Å². The number of aromatic amines is 1. The number of aromatic nitrogens is 1. The number of aryl methyl sites for hydroxylation is 1. The standard InChI is InChI=1S/C24H24N2O5S2/c1-10-5-2-3-6-11(10)15-16-12-9-13(19(16)32-21-20(15)33-24(31)25-21)18-17(12)22(29)26(23(18)30)8-4-7-14(27)28/h2-3,5-6,12-13,15-19H,4,7-9H2,1H3,(H,25,31)(H,27,28)/t12-,13+,15-,16-,17+,18+,19-/m1/s1. The van der Waals surface area contributed by atoms with E-state index in [1.165, 1.54) is 27.4 Å². The molecule has 2 aromatic rings. The van der Waals surface area contributed by atoms with Crippen LogP contribution in [0.2, 0.25) is 0 Å². The minimum absolute atomic E-state index is 0.0383. The zero-order valence-corrected chi connectivity index (χ0v) is 19.7. The summed E-state index contributed by atoms with van der Waals surface area (Å²) in [5.41, 5.74) is 2.37. The van der Waals surface area contributed by atoms with E-state index in [-0.39, 0.29) is 76.8 Å². The number of hydrogen-bond acceptors (Lipinski definition) is 6. The number of amides is 2. The summed E-state index contributed by atoms with van der Waals surface area (Å²) in [6.07, 6.45) is 1.09. The summed E-state index contributed by atoms with van der Waals surface area (Å²) < 4.78 is 0. The lowest BCUT2D eigenvalue weighted by Crippen LogP contribution is -2.42.